The Kier molecular flexibility index (Phi) is 2.22. The molecule has 0 aliphatic heterocycles. The predicted molar refractivity (Wildman–Crippen MR) is 68.3 cm³/mol. The molecule has 2 bridgehead atoms. The number of hydrogen-bond donors (Lipinski definition) is 1. The van der Waals surface area contributed by atoms with Crippen molar-refractivity contribution in [3.05, 3.63) is 29.0 Å². The summed E-state index contributed by atoms with van der Waals surface area (Å²) in [4.78, 5) is 16.1. The van der Waals surface area contributed by atoms with E-state index >= 15 is 0 Å². The van der Waals surface area contributed by atoms with Crippen LogP contribution in [-0.2, 0) is 0 Å². The summed E-state index contributed by atoms with van der Waals surface area (Å²) < 4.78 is 0. The van der Waals surface area contributed by atoms with Crippen molar-refractivity contribution in [2.75, 3.05) is 0 Å². The van der Waals surface area contributed by atoms with Gasteiger partial charge in [0.05, 0.1) is 5.56 Å². The number of rotatable bonds is 2. The quantitative estimate of drug-likeness (QED) is 0.832. The Hall–Kier alpha value is -1.09. The first-order valence-electron chi connectivity index (χ1n) is 6.67. The minimum Gasteiger partial charge on any atom is -0.349 e. The van der Waals surface area contributed by atoms with Crippen molar-refractivity contribution in [1.29, 1.82) is 0 Å². The maximum atomic E-state index is 12.1. The molecule has 0 saturated heterocycles. The van der Waals surface area contributed by atoms with Crippen molar-refractivity contribution in [2.24, 2.45) is 23.7 Å². The summed E-state index contributed by atoms with van der Waals surface area (Å²) in [5, 5.41) is 3.45. The summed E-state index contributed by atoms with van der Waals surface area (Å²) in [6.07, 6.45) is 5.73. The van der Waals surface area contributed by atoms with E-state index in [2.05, 4.69) is 10.3 Å². The molecule has 3 aliphatic carbocycles. The topological polar surface area (TPSA) is 42.0 Å². The van der Waals surface area contributed by atoms with Crippen LogP contribution in [0.25, 0.3) is 0 Å². The van der Waals surface area contributed by atoms with Gasteiger partial charge in [0.2, 0.25) is 0 Å². The van der Waals surface area contributed by atoms with E-state index in [4.69, 9.17) is 11.6 Å². The molecule has 3 nitrogen and oxygen atoms in total. The van der Waals surface area contributed by atoms with Gasteiger partial charge < -0.3 is 5.32 Å². The zero-order chi connectivity index (χ0) is 12.3. The number of hydrogen-bond acceptors (Lipinski definition) is 2. The zero-order valence-electron chi connectivity index (χ0n) is 9.97. The normalized spacial score (nSPS) is 39.5. The monoisotopic (exact) mass is 262 g/mol. The molecule has 4 atom stereocenters. The fourth-order valence-electron chi connectivity index (χ4n) is 4.30. The van der Waals surface area contributed by atoms with Crippen molar-refractivity contribution in [1.82, 2.24) is 10.3 Å². The highest BCUT2D eigenvalue weighted by Crippen LogP contribution is 2.65. The lowest BCUT2D eigenvalue weighted by molar-refractivity contribution is 0.0944. The van der Waals surface area contributed by atoms with Crippen LogP contribution in [0.4, 0.5) is 0 Å². The molecule has 1 aromatic rings. The predicted octanol–water partition coefficient (Wildman–Crippen LogP) is 2.51. The molecule has 94 valence electrons. The fourth-order valence-corrected chi connectivity index (χ4v) is 4.51. The summed E-state index contributed by atoms with van der Waals surface area (Å²) in [7, 11) is 0. The number of carbonyl (C=O) groups excluding carboxylic acids is 1. The molecule has 1 heterocycles. The summed E-state index contributed by atoms with van der Waals surface area (Å²) in [6.45, 7) is 0. The number of amides is 1. The Morgan fingerprint density at radius 1 is 1.33 bits per heavy atom. The van der Waals surface area contributed by atoms with Gasteiger partial charge in [0, 0.05) is 12.2 Å². The van der Waals surface area contributed by atoms with Gasteiger partial charge in [-0.15, -0.1) is 0 Å². The Morgan fingerprint density at radius 3 is 2.72 bits per heavy atom. The lowest BCUT2D eigenvalue weighted by Crippen LogP contribution is -2.30. The van der Waals surface area contributed by atoms with Crippen LogP contribution in [0.5, 0.6) is 0 Å². The van der Waals surface area contributed by atoms with Gasteiger partial charge in [-0.25, -0.2) is 4.98 Å². The molecule has 1 N–H and O–H groups in total. The largest absolute Gasteiger partial charge is 0.349 e. The van der Waals surface area contributed by atoms with Crippen molar-refractivity contribution >= 4 is 17.5 Å². The Labute approximate surface area is 111 Å². The molecule has 0 radical (unpaired) electrons. The van der Waals surface area contributed by atoms with E-state index in [1.54, 1.807) is 18.3 Å². The molecule has 4 unspecified atom stereocenters. The second-order valence-electron chi connectivity index (χ2n) is 5.83. The van der Waals surface area contributed by atoms with E-state index < -0.39 is 0 Å². The van der Waals surface area contributed by atoms with Crippen LogP contribution in [0.15, 0.2) is 18.3 Å². The van der Waals surface area contributed by atoms with Gasteiger partial charge in [-0.1, -0.05) is 11.6 Å². The first kappa shape index (κ1) is 10.8. The molecule has 4 heteroatoms. The molecule has 18 heavy (non-hydrogen) atoms. The highest BCUT2D eigenvalue weighted by molar-refractivity contribution is 6.32. The molecule has 1 aromatic heterocycles. The SMILES string of the molecule is O=C(NC1C2C3CCC(C3)C12)c1cccnc1Cl. The number of carbonyl (C=O) groups is 1. The average molecular weight is 263 g/mol. The van der Waals surface area contributed by atoms with Gasteiger partial charge in [-0.05, 0) is 55.1 Å². The summed E-state index contributed by atoms with van der Waals surface area (Å²) in [5.41, 5.74) is 0.497. The molecular weight excluding hydrogens is 248 g/mol. The van der Waals surface area contributed by atoms with Crippen LogP contribution in [0.2, 0.25) is 5.15 Å². The van der Waals surface area contributed by atoms with Gasteiger partial charge in [0.25, 0.3) is 5.91 Å². The number of fused-ring (bicyclic) bond motifs is 5. The van der Waals surface area contributed by atoms with Gasteiger partial charge in [-0.2, -0.15) is 0 Å². The third-order valence-corrected chi connectivity index (χ3v) is 5.34. The minimum atomic E-state index is -0.0631. The van der Waals surface area contributed by atoms with Crippen LogP contribution >= 0.6 is 11.6 Å². The van der Waals surface area contributed by atoms with Gasteiger partial charge in [-0.3, -0.25) is 4.79 Å². The summed E-state index contributed by atoms with van der Waals surface area (Å²) >= 11 is 5.94. The third kappa shape index (κ3) is 1.43. The smallest absolute Gasteiger partial charge is 0.254 e. The van der Waals surface area contributed by atoms with Crippen LogP contribution in [0, 0.1) is 23.7 Å². The molecule has 3 saturated carbocycles. The lowest BCUT2D eigenvalue weighted by Gasteiger charge is -2.11. The summed E-state index contributed by atoms with van der Waals surface area (Å²) in [6, 6.07) is 3.88. The molecule has 0 spiro atoms. The standard InChI is InChI=1S/C14H15ClN2O/c15-13-9(2-1-5-16-13)14(18)17-12-10-7-3-4-8(6-7)11(10)12/h1-2,5,7-8,10-12H,3-4,6H2,(H,17,18). The van der Waals surface area contributed by atoms with Crippen LogP contribution in [0.1, 0.15) is 29.6 Å². The van der Waals surface area contributed by atoms with Crippen LogP contribution < -0.4 is 5.32 Å². The second-order valence-corrected chi connectivity index (χ2v) is 6.19. The molecule has 3 aliphatic rings. The van der Waals surface area contributed by atoms with E-state index in [-0.39, 0.29) is 5.91 Å². The van der Waals surface area contributed by atoms with Crippen LogP contribution in [-0.4, -0.2) is 16.9 Å². The third-order valence-electron chi connectivity index (χ3n) is 5.04. The maximum absolute atomic E-state index is 12.1. The van der Waals surface area contributed by atoms with Crippen molar-refractivity contribution in [3.8, 4) is 0 Å². The first-order valence-corrected chi connectivity index (χ1v) is 7.05. The molecule has 3 fully saturated rings. The number of halogens is 1. The average Bonchev–Trinajstić information content (AvgIpc) is 2.77. The molecule has 0 aromatic carbocycles. The highest BCUT2D eigenvalue weighted by Gasteiger charge is 2.65. The van der Waals surface area contributed by atoms with Gasteiger partial charge in [0.1, 0.15) is 5.15 Å². The Morgan fingerprint density at radius 2 is 2.06 bits per heavy atom. The van der Waals surface area contributed by atoms with Crippen molar-refractivity contribution in [3.63, 3.8) is 0 Å². The number of pyridine rings is 1. The van der Waals surface area contributed by atoms with Crippen molar-refractivity contribution in [2.45, 2.75) is 25.3 Å². The van der Waals surface area contributed by atoms with Crippen LogP contribution in [0.3, 0.4) is 0 Å². The van der Waals surface area contributed by atoms with Gasteiger partial charge in [0.15, 0.2) is 0 Å². The number of nitrogens with zero attached hydrogens (tertiary/aromatic N) is 1. The number of aromatic nitrogens is 1. The second kappa shape index (κ2) is 3.70. The zero-order valence-corrected chi connectivity index (χ0v) is 10.7. The highest BCUT2D eigenvalue weighted by atomic mass is 35.5. The molecule has 4 rings (SSSR count). The lowest BCUT2D eigenvalue weighted by atomic mass is 10.0. The van der Waals surface area contributed by atoms with E-state index in [1.807, 2.05) is 0 Å². The fraction of sp³-hybridized carbons (Fsp3) is 0.571. The molecule has 1 amide bonds. The minimum absolute atomic E-state index is 0.0631. The first-order chi connectivity index (χ1) is 8.75. The molecular formula is C14H15ClN2O. The number of nitrogens with one attached hydrogen (secondary N) is 1. The van der Waals surface area contributed by atoms with Crippen molar-refractivity contribution < 1.29 is 4.79 Å². The van der Waals surface area contributed by atoms with E-state index in [1.165, 1.54) is 19.3 Å². The Balaban J connectivity index is 1.48. The van der Waals surface area contributed by atoms with Gasteiger partial charge >= 0.3 is 0 Å². The van der Waals surface area contributed by atoms with E-state index in [9.17, 15) is 4.79 Å². The van der Waals surface area contributed by atoms with E-state index in [0.717, 1.165) is 23.7 Å². The summed E-state index contributed by atoms with van der Waals surface area (Å²) in [5.74, 6) is 3.18. The maximum Gasteiger partial charge on any atom is 0.254 e. The Bertz CT molecular complexity index is 502. The van der Waals surface area contributed by atoms with E-state index in [0.29, 0.717) is 16.8 Å².